The molecule has 0 bridgehead atoms. The van der Waals surface area contributed by atoms with Gasteiger partial charge in [-0.3, -0.25) is 0 Å². The van der Waals surface area contributed by atoms with Gasteiger partial charge in [0, 0.05) is 25.1 Å². The van der Waals surface area contributed by atoms with Crippen LogP contribution in [-0.4, -0.2) is 30.8 Å². The van der Waals surface area contributed by atoms with E-state index in [9.17, 15) is 0 Å². The Morgan fingerprint density at radius 1 is 1.59 bits per heavy atom. The van der Waals surface area contributed by atoms with Gasteiger partial charge in [0.2, 0.25) is 0 Å². The average Bonchev–Trinajstić information content (AvgIpc) is 2.95. The van der Waals surface area contributed by atoms with E-state index < -0.39 is 0 Å². The first-order valence-corrected chi connectivity index (χ1v) is 6.12. The second-order valence-corrected chi connectivity index (χ2v) is 4.68. The number of nitrogens with one attached hydrogen (secondary N) is 1. The average molecular weight is 240 g/mol. The summed E-state index contributed by atoms with van der Waals surface area (Å²) in [6.07, 6.45) is 3.05. The van der Waals surface area contributed by atoms with Crippen LogP contribution < -0.4 is 10.1 Å². The van der Waals surface area contributed by atoms with Crippen LogP contribution in [0.2, 0.25) is 0 Å². The van der Waals surface area contributed by atoms with Crippen LogP contribution in [-0.2, 0) is 11.3 Å². The topological polar surface area (TPSA) is 56.5 Å². The summed E-state index contributed by atoms with van der Waals surface area (Å²) >= 11 is 0. The Labute approximate surface area is 102 Å². The van der Waals surface area contributed by atoms with Crippen molar-refractivity contribution in [2.75, 3.05) is 19.8 Å². The van der Waals surface area contributed by atoms with Gasteiger partial charge in [0.15, 0.2) is 0 Å². The van der Waals surface area contributed by atoms with Gasteiger partial charge in [-0.15, -0.1) is 0 Å². The molecule has 5 nitrogen and oxygen atoms in total. The van der Waals surface area contributed by atoms with E-state index in [1.165, 1.54) is 0 Å². The molecular weight excluding hydrogens is 220 g/mol. The summed E-state index contributed by atoms with van der Waals surface area (Å²) in [6, 6.07) is 0.437. The molecule has 96 valence electrons. The smallest absolute Gasteiger partial charge is 0.393 e. The summed E-state index contributed by atoms with van der Waals surface area (Å²) < 4.78 is 16.0. The van der Waals surface area contributed by atoms with E-state index in [4.69, 9.17) is 13.9 Å². The van der Waals surface area contributed by atoms with Crippen LogP contribution in [0.4, 0.5) is 0 Å². The number of aromatic nitrogens is 1. The van der Waals surface area contributed by atoms with Crippen LogP contribution in [0.25, 0.3) is 0 Å². The zero-order valence-corrected chi connectivity index (χ0v) is 10.4. The van der Waals surface area contributed by atoms with Crippen LogP contribution in [0, 0.1) is 5.92 Å². The van der Waals surface area contributed by atoms with Gasteiger partial charge in [0.05, 0.1) is 18.9 Å². The van der Waals surface area contributed by atoms with E-state index in [0.29, 0.717) is 31.2 Å². The molecule has 2 rings (SSSR count). The molecule has 1 atom stereocenters. The Morgan fingerprint density at radius 3 is 3.18 bits per heavy atom. The van der Waals surface area contributed by atoms with Crippen LogP contribution >= 0.6 is 0 Å². The van der Waals surface area contributed by atoms with Crippen molar-refractivity contribution in [3.63, 3.8) is 0 Å². The highest BCUT2D eigenvalue weighted by molar-refractivity contribution is 4.99. The lowest BCUT2D eigenvalue weighted by molar-refractivity contribution is 0.151. The van der Waals surface area contributed by atoms with Crippen molar-refractivity contribution in [1.29, 1.82) is 0 Å². The summed E-state index contributed by atoms with van der Waals surface area (Å²) in [5, 5.41) is 3.27. The molecule has 1 fully saturated rings. The summed E-state index contributed by atoms with van der Waals surface area (Å²) in [5.74, 6) is 0.471. The molecule has 1 aliphatic rings. The normalized spacial score (nSPS) is 20.1. The quantitative estimate of drug-likeness (QED) is 0.818. The molecule has 0 saturated carbocycles. The fourth-order valence-corrected chi connectivity index (χ4v) is 1.65. The summed E-state index contributed by atoms with van der Waals surface area (Å²) in [6.45, 7) is 7.13. The number of hydrogen-bond donors (Lipinski definition) is 1. The molecule has 0 radical (unpaired) electrons. The predicted molar refractivity (Wildman–Crippen MR) is 62.9 cm³/mol. The van der Waals surface area contributed by atoms with Crippen molar-refractivity contribution in [2.45, 2.75) is 32.9 Å². The largest absolute Gasteiger partial charge is 0.450 e. The number of oxazole rings is 1. The third-order valence-corrected chi connectivity index (χ3v) is 2.69. The highest BCUT2D eigenvalue weighted by Crippen LogP contribution is 2.16. The summed E-state index contributed by atoms with van der Waals surface area (Å²) in [5.41, 5.74) is 0.872. The van der Waals surface area contributed by atoms with Crippen molar-refractivity contribution in [1.82, 2.24) is 10.3 Å². The van der Waals surface area contributed by atoms with E-state index >= 15 is 0 Å². The van der Waals surface area contributed by atoms with E-state index in [2.05, 4.69) is 24.1 Å². The van der Waals surface area contributed by atoms with Crippen molar-refractivity contribution < 1.29 is 13.9 Å². The van der Waals surface area contributed by atoms with Crippen molar-refractivity contribution in [2.24, 2.45) is 5.92 Å². The minimum atomic E-state index is 0.359. The Balaban J connectivity index is 1.73. The van der Waals surface area contributed by atoms with Gasteiger partial charge in [0.25, 0.3) is 0 Å². The fraction of sp³-hybridized carbons (Fsp3) is 0.750. The molecule has 0 spiro atoms. The molecule has 1 aromatic rings. The van der Waals surface area contributed by atoms with Gasteiger partial charge in [-0.1, -0.05) is 13.8 Å². The Morgan fingerprint density at radius 2 is 2.47 bits per heavy atom. The molecule has 1 unspecified atom stereocenters. The van der Waals surface area contributed by atoms with Crippen molar-refractivity contribution in [3.8, 4) is 6.08 Å². The van der Waals surface area contributed by atoms with Gasteiger partial charge in [-0.2, -0.15) is 4.98 Å². The zero-order chi connectivity index (χ0) is 12.1. The molecule has 0 aromatic carbocycles. The van der Waals surface area contributed by atoms with Crippen molar-refractivity contribution in [3.05, 3.63) is 12.0 Å². The highest BCUT2D eigenvalue weighted by atomic mass is 16.6. The SMILES string of the molecule is CC(C)NCc1coc(OCC2CCOC2)n1. The molecular formula is C12H20N2O3. The first-order chi connectivity index (χ1) is 8.24. The lowest BCUT2D eigenvalue weighted by Crippen LogP contribution is -2.21. The molecule has 1 N–H and O–H groups in total. The van der Waals surface area contributed by atoms with E-state index in [0.717, 1.165) is 25.3 Å². The predicted octanol–water partition coefficient (Wildman–Crippen LogP) is 1.59. The summed E-state index contributed by atoms with van der Waals surface area (Å²) in [4.78, 5) is 4.25. The molecule has 0 aliphatic carbocycles. The monoisotopic (exact) mass is 240 g/mol. The maximum Gasteiger partial charge on any atom is 0.393 e. The van der Waals surface area contributed by atoms with Gasteiger partial charge in [-0.05, 0) is 6.42 Å². The molecule has 1 aromatic heterocycles. The van der Waals surface area contributed by atoms with Gasteiger partial charge < -0.3 is 19.2 Å². The minimum absolute atomic E-state index is 0.359. The van der Waals surface area contributed by atoms with E-state index in [1.54, 1.807) is 6.26 Å². The third kappa shape index (κ3) is 4.02. The maximum absolute atomic E-state index is 5.49. The maximum atomic E-state index is 5.49. The number of hydrogen-bond acceptors (Lipinski definition) is 5. The molecule has 1 aliphatic heterocycles. The van der Waals surface area contributed by atoms with Crippen LogP contribution in [0.3, 0.4) is 0 Å². The lowest BCUT2D eigenvalue weighted by Gasteiger charge is -2.06. The standard InChI is InChI=1S/C12H20N2O3/c1-9(2)13-5-11-8-17-12(14-11)16-7-10-3-4-15-6-10/h8-10,13H,3-7H2,1-2H3. The van der Waals surface area contributed by atoms with Crippen LogP contribution in [0.15, 0.2) is 10.7 Å². The van der Waals surface area contributed by atoms with Gasteiger partial charge in [0.1, 0.15) is 6.26 Å². The highest BCUT2D eigenvalue weighted by Gasteiger charge is 2.17. The van der Waals surface area contributed by atoms with Crippen LogP contribution in [0.5, 0.6) is 6.08 Å². The number of nitrogens with zero attached hydrogens (tertiary/aromatic N) is 1. The number of rotatable bonds is 6. The third-order valence-electron chi connectivity index (χ3n) is 2.69. The Bertz CT molecular complexity index is 332. The van der Waals surface area contributed by atoms with Gasteiger partial charge >= 0.3 is 6.08 Å². The summed E-state index contributed by atoms with van der Waals surface area (Å²) in [7, 11) is 0. The molecule has 5 heteroatoms. The van der Waals surface area contributed by atoms with E-state index in [1.807, 2.05) is 0 Å². The van der Waals surface area contributed by atoms with E-state index in [-0.39, 0.29) is 0 Å². The fourth-order valence-electron chi connectivity index (χ4n) is 1.65. The molecule has 17 heavy (non-hydrogen) atoms. The zero-order valence-electron chi connectivity index (χ0n) is 10.4. The van der Waals surface area contributed by atoms with Gasteiger partial charge in [-0.25, -0.2) is 0 Å². The first kappa shape index (κ1) is 12.4. The second-order valence-electron chi connectivity index (χ2n) is 4.68. The second kappa shape index (κ2) is 6.02. The minimum Gasteiger partial charge on any atom is -0.450 e. The Kier molecular flexibility index (Phi) is 4.39. The van der Waals surface area contributed by atoms with Crippen LogP contribution in [0.1, 0.15) is 26.0 Å². The van der Waals surface area contributed by atoms with Crippen molar-refractivity contribution >= 4 is 0 Å². The molecule has 0 amide bonds. The lowest BCUT2D eigenvalue weighted by atomic mass is 10.1. The number of ether oxygens (including phenoxy) is 2. The molecule has 1 saturated heterocycles. The Hall–Kier alpha value is -1.07. The first-order valence-electron chi connectivity index (χ1n) is 6.12. The molecule has 2 heterocycles.